The van der Waals surface area contributed by atoms with Crippen molar-refractivity contribution >= 4 is 33.5 Å². The van der Waals surface area contributed by atoms with Gasteiger partial charge in [-0.3, -0.25) is 4.79 Å². The quantitative estimate of drug-likeness (QED) is 0.445. The first kappa shape index (κ1) is 21.5. The zero-order valence-corrected chi connectivity index (χ0v) is 19.0. The molecule has 0 spiro atoms. The summed E-state index contributed by atoms with van der Waals surface area (Å²) in [6.07, 6.45) is -0.132. The molecule has 7 nitrogen and oxygen atoms in total. The molecule has 0 radical (unpaired) electrons. The minimum atomic E-state index is -0.531. The topological polar surface area (TPSA) is 90.9 Å². The Kier molecular flexibility index (Phi) is 5.42. The number of aryl methyl sites for hydroxylation is 4. The van der Waals surface area contributed by atoms with E-state index >= 15 is 0 Å². The number of furan rings is 1. The summed E-state index contributed by atoms with van der Waals surface area (Å²) in [5, 5.41) is 4.52. The van der Waals surface area contributed by atoms with Crippen molar-refractivity contribution in [3.8, 4) is 11.5 Å². The fraction of sp³-hybridized carbons (Fsp3) is 0.280. The van der Waals surface area contributed by atoms with Crippen molar-refractivity contribution in [2.45, 2.75) is 34.1 Å². The van der Waals surface area contributed by atoms with Gasteiger partial charge in [-0.05, 0) is 62.6 Å². The van der Waals surface area contributed by atoms with Crippen LogP contribution in [0.1, 0.15) is 28.0 Å². The summed E-state index contributed by atoms with van der Waals surface area (Å²) in [6.45, 7) is 7.70. The van der Waals surface area contributed by atoms with Crippen LogP contribution in [0.15, 0.2) is 37.9 Å². The number of carbonyl (C=O) groups excluding carboxylic acids is 1. The van der Waals surface area contributed by atoms with E-state index < -0.39 is 5.63 Å². The summed E-state index contributed by atoms with van der Waals surface area (Å²) in [6, 6.07) is 6.91. The minimum absolute atomic E-state index is 0.132. The highest BCUT2D eigenvalue weighted by Crippen LogP contribution is 2.36. The molecule has 0 aliphatic carbocycles. The highest BCUT2D eigenvalue weighted by atomic mass is 16.5. The van der Waals surface area contributed by atoms with Gasteiger partial charge >= 0.3 is 5.63 Å². The number of carbonyl (C=O) groups is 1. The van der Waals surface area contributed by atoms with Gasteiger partial charge in [-0.2, -0.15) is 0 Å². The van der Waals surface area contributed by atoms with Crippen LogP contribution < -0.4 is 20.4 Å². The van der Waals surface area contributed by atoms with Crippen molar-refractivity contribution < 1.29 is 23.1 Å². The van der Waals surface area contributed by atoms with Gasteiger partial charge in [0.1, 0.15) is 16.9 Å². The number of rotatable bonds is 5. The van der Waals surface area contributed by atoms with E-state index in [1.807, 2.05) is 33.8 Å². The third kappa shape index (κ3) is 3.49. The van der Waals surface area contributed by atoms with E-state index in [2.05, 4.69) is 5.32 Å². The van der Waals surface area contributed by atoms with E-state index in [0.29, 0.717) is 39.5 Å². The van der Waals surface area contributed by atoms with Crippen molar-refractivity contribution in [3.05, 3.63) is 62.7 Å². The Balaban J connectivity index is 1.74. The third-order valence-electron chi connectivity index (χ3n) is 5.88. The van der Waals surface area contributed by atoms with Crippen molar-refractivity contribution in [1.82, 2.24) is 0 Å². The van der Waals surface area contributed by atoms with Gasteiger partial charge in [0.25, 0.3) is 0 Å². The standard InChI is InChI=1S/C25H25NO6/c1-12-9-20-23(24-22(12)13(2)15(4)31-24)14(3)17(25(28)32-20)11-21(27)26-16-7-8-18(29-5)19(10-16)30-6/h7-10H,11H2,1-6H3,(H,26,27). The van der Waals surface area contributed by atoms with Crippen LogP contribution in [-0.4, -0.2) is 20.1 Å². The molecule has 166 valence electrons. The maximum absolute atomic E-state index is 12.8. The Bertz CT molecular complexity index is 1430. The third-order valence-corrected chi connectivity index (χ3v) is 5.88. The second-order valence-electron chi connectivity index (χ2n) is 7.84. The van der Waals surface area contributed by atoms with E-state index in [0.717, 1.165) is 27.7 Å². The molecular weight excluding hydrogens is 410 g/mol. The second kappa shape index (κ2) is 8.07. The van der Waals surface area contributed by atoms with E-state index in [1.54, 1.807) is 25.3 Å². The van der Waals surface area contributed by atoms with Crippen LogP contribution in [0.5, 0.6) is 11.5 Å². The predicted octanol–water partition coefficient (Wildman–Crippen LogP) is 4.97. The molecule has 2 heterocycles. The summed E-state index contributed by atoms with van der Waals surface area (Å²) in [5.41, 5.74) is 4.14. The number of hydrogen-bond acceptors (Lipinski definition) is 6. The Labute approximate surface area is 184 Å². The fourth-order valence-electron chi connectivity index (χ4n) is 4.12. The monoisotopic (exact) mass is 435 g/mol. The SMILES string of the molecule is COc1ccc(NC(=O)Cc2c(C)c3c(cc(C)c4c(C)c(C)oc43)oc2=O)cc1OC. The number of amides is 1. The Morgan fingerprint density at radius 1 is 0.938 bits per heavy atom. The first-order chi connectivity index (χ1) is 15.2. The van der Waals surface area contributed by atoms with Crippen LogP contribution in [0.25, 0.3) is 21.9 Å². The number of anilines is 1. The van der Waals surface area contributed by atoms with Gasteiger partial charge in [0.2, 0.25) is 5.91 Å². The summed E-state index contributed by atoms with van der Waals surface area (Å²) >= 11 is 0. The molecule has 32 heavy (non-hydrogen) atoms. The van der Waals surface area contributed by atoms with Crippen molar-refractivity contribution in [1.29, 1.82) is 0 Å². The maximum atomic E-state index is 12.8. The van der Waals surface area contributed by atoms with Crippen LogP contribution in [0.2, 0.25) is 0 Å². The molecule has 0 atom stereocenters. The lowest BCUT2D eigenvalue weighted by Gasteiger charge is -2.12. The van der Waals surface area contributed by atoms with Crippen LogP contribution in [0.4, 0.5) is 5.69 Å². The normalized spacial score (nSPS) is 11.2. The molecule has 0 unspecified atom stereocenters. The van der Waals surface area contributed by atoms with Gasteiger partial charge in [0.15, 0.2) is 11.5 Å². The van der Waals surface area contributed by atoms with Gasteiger partial charge in [-0.1, -0.05) is 0 Å². The van der Waals surface area contributed by atoms with Crippen LogP contribution in [-0.2, 0) is 11.2 Å². The van der Waals surface area contributed by atoms with E-state index in [-0.39, 0.29) is 12.3 Å². The van der Waals surface area contributed by atoms with E-state index in [1.165, 1.54) is 7.11 Å². The van der Waals surface area contributed by atoms with Crippen LogP contribution >= 0.6 is 0 Å². The fourth-order valence-corrected chi connectivity index (χ4v) is 4.12. The highest BCUT2D eigenvalue weighted by Gasteiger charge is 2.21. The van der Waals surface area contributed by atoms with Crippen LogP contribution in [0, 0.1) is 27.7 Å². The van der Waals surface area contributed by atoms with Gasteiger partial charge in [0.05, 0.1) is 31.6 Å². The van der Waals surface area contributed by atoms with Gasteiger partial charge in [-0.15, -0.1) is 0 Å². The van der Waals surface area contributed by atoms with Gasteiger partial charge < -0.3 is 23.6 Å². The molecule has 0 aliphatic rings. The first-order valence-corrected chi connectivity index (χ1v) is 10.2. The molecular formula is C25H25NO6. The average molecular weight is 435 g/mol. The number of ether oxygens (including phenoxy) is 2. The molecule has 0 bridgehead atoms. The molecule has 4 aromatic rings. The largest absolute Gasteiger partial charge is 0.493 e. The second-order valence-corrected chi connectivity index (χ2v) is 7.84. The number of methoxy groups -OCH3 is 2. The molecule has 2 aromatic heterocycles. The lowest BCUT2D eigenvalue weighted by Crippen LogP contribution is -2.20. The molecule has 7 heteroatoms. The smallest absolute Gasteiger partial charge is 0.340 e. The summed E-state index contributed by atoms with van der Waals surface area (Å²) in [4.78, 5) is 25.5. The highest BCUT2D eigenvalue weighted by molar-refractivity contribution is 6.07. The molecule has 1 N–H and O–H groups in total. The molecule has 2 aromatic carbocycles. The zero-order valence-electron chi connectivity index (χ0n) is 19.0. The zero-order chi connectivity index (χ0) is 23.2. The Morgan fingerprint density at radius 3 is 2.34 bits per heavy atom. The molecule has 1 amide bonds. The van der Waals surface area contributed by atoms with Crippen molar-refractivity contribution in [3.63, 3.8) is 0 Å². The van der Waals surface area contributed by atoms with Crippen LogP contribution in [0.3, 0.4) is 0 Å². The van der Waals surface area contributed by atoms with E-state index in [4.69, 9.17) is 18.3 Å². The lowest BCUT2D eigenvalue weighted by atomic mass is 9.98. The molecule has 0 saturated carbocycles. The Hall–Kier alpha value is -3.74. The average Bonchev–Trinajstić information content (AvgIpc) is 3.05. The van der Waals surface area contributed by atoms with Crippen molar-refractivity contribution in [2.24, 2.45) is 0 Å². The first-order valence-electron chi connectivity index (χ1n) is 10.2. The summed E-state index contributed by atoms with van der Waals surface area (Å²) in [5.74, 6) is 1.52. The number of hydrogen-bond donors (Lipinski definition) is 1. The molecule has 4 rings (SSSR count). The molecule has 0 aliphatic heterocycles. The van der Waals surface area contributed by atoms with Gasteiger partial charge in [0, 0.05) is 17.1 Å². The van der Waals surface area contributed by atoms with Crippen molar-refractivity contribution in [2.75, 3.05) is 19.5 Å². The summed E-state index contributed by atoms with van der Waals surface area (Å²) < 4.78 is 22.1. The molecule has 0 fully saturated rings. The molecule has 0 saturated heterocycles. The number of fused-ring (bicyclic) bond motifs is 3. The Morgan fingerprint density at radius 2 is 1.66 bits per heavy atom. The number of benzene rings is 2. The maximum Gasteiger partial charge on any atom is 0.340 e. The lowest BCUT2D eigenvalue weighted by molar-refractivity contribution is -0.115. The van der Waals surface area contributed by atoms with Gasteiger partial charge in [-0.25, -0.2) is 4.79 Å². The minimum Gasteiger partial charge on any atom is -0.493 e. The summed E-state index contributed by atoms with van der Waals surface area (Å²) in [7, 11) is 3.06. The number of nitrogens with one attached hydrogen (secondary N) is 1. The van der Waals surface area contributed by atoms with E-state index in [9.17, 15) is 9.59 Å². The predicted molar refractivity (Wildman–Crippen MR) is 123 cm³/mol.